The Morgan fingerprint density at radius 1 is 1.00 bits per heavy atom. The lowest BCUT2D eigenvalue weighted by molar-refractivity contribution is -0.136. The summed E-state index contributed by atoms with van der Waals surface area (Å²) in [5.74, 6) is 0.0771. The molecule has 0 saturated heterocycles. The zero-order valence-electron chi connectivity index (χ0n) is 10.8. The molecule has 3 nitrogen and oxygen atoms in total. The highest BCUT2D eigenvalue weighted by molar-refractivity contribution is 14.1. The molecule has 0 aromatic heterocycles. The van der Waals surface area contributed by atoms with Crippen molar-refractivity contribution in [1.82, 2.24) is 0 Å². The summed E-state index contributed by atoms with van der Waals surface area (Å²) >= 11 is 6.83. The number of aliphatic carboxylic acids is 1. The number of halogens is 3. The van der Waals surface area contributed by atoms with Crippen molar-refractivity contribution in [2.45, 2.75) is 13.0 Å². The molecule has 0 aliphatic rings. The van der Waals surface area contributed by atoms with E-state index in [1.54, 1.807) is 0 Å². The van der Waals surface area contributed by atoms with Gasteiger partial charge >= 0.3 is 5.97 Å². The topological polar surface area (TPSA) is 46.5 Å². The van der Waals surface area contributed by atoms with Crippen LogP contribution in [-0.2, 0) is 17.8 Å². The summed E-state index contributed by atoms with van der Waals surface area (Å²) in [6.45, 7) is 0.472. The molecule has 0 aliphatic carbocycles. The number of benzene rings is 2. The largest absolute Gasteiger partial charge is 0.487 e. The molecular weight excluding hydrogens is 609 g/mol. The maximum atomic E-state index is 10.6. The zero-order chi connectivity index (χ0) is 15.4. The lowest BCUT2D eigenvalue weighted by Gasteiger charge is -2.11. The van der Waals surface area contributed by atoms with Gasteiger partial charge in [-0.15, -0.1) is 0 Å². The van der Waals surface area contributed by atoms with E-state index in [0.29, 0.717) is 6.61 Å². The third-order valence-electron chi connectivity index (χ3n) is 2.72. The van der Waals surface area contributed by atoms with Crippen LogP contribution in [0.3, 0.4) is 0 Å². The molecule has 0 heterocycles. The highest BCUT2D eigenvalue weighted by Gasteiger charge is 2.08. The number of hydrogen-bond acceptors (Lipinski definition) is 2. The first kappa shape index (κ1) is 17.3. The Labute approximate surface area is 163 Å². The van der Waals surface area contributed by atoms with E-state index in [2.05, 4.69) is 79.9 Å². The maximum Gasteiger partial charge on any atom is 0.307 e. The number of carbonyl (C=O) groups is 1. The highest BCUT2D eigenvalue weighted by Crippen LogP contribution is 2.30. The molecule has 2 aromatic rings. The van der Waals surface area contributed by atoms with Gasteiger partial charge in [-0.3, -0.25) is 4.79 Å². The summed E-state index contributed by atoms with van der Waals surface area (Å²) < 4.78 is 9.26. The minimum absolute atomic E-state index is 0.0497. The summed E-state index contributed by atoms with van der Waals surface area (Å²) in [4.78, 5) is 10.6. The molecule has 0 spiro atoms. The van der Waals surface area contributed by atoms with Crippen molar-refractivity contribution in [1.29, 1.82) is 0 Å². The first-order valence-electron chi connectivity index (χ1n) is 6.02. The Morgan fingerprint density at radius 3 is 2.05 bits per heavy atom. The summed E-state index contributed by atoms with van der Waals surface area (Å²) in [7, 11) is 0. The summed E-state index contributed by atoms with van der Waals surface area (Å²) in [5.41, 5.74) is 1.82. The molecule has 2 aromatic carbocycles. The van der Waals surface area contributed by atoms with Crippen molar-refractivity contribution in [3.8, 4) is 5.75 Å². The Morgan fingerprint density at radius 2 is 1.52 bits per heavy atom. The molecule has 0 aliphatic heterocycles. The Bertz CT molecular complexity index is 631. The third kappa shape index (κ3) is 5.23. The molecule has 21 heavy (non-hydrogen) atoms. The van der Waals surface area contributed by atoms with Crippen LogP contribution in [0.4, 0.5) is 0 Å². The van der Waals surface area contributed by atoms with Gasteiger partial charge in [0.05, 0.1) is 13.6 Å². The standard InChI is InChI=1S/C15H11I3O3/c16-11-6-12(17)15(13(18)7-11)21-8-10-3-1-9(2-4-10)5-14(19)20/h1-4,6-7H,5,8H2,(H,19,20). The SMILES string of the molecule is O=C(O)Cc1ccc(COc2c(I)cc(I)cc2I)cc1. The Balaban J connectivity index is 2.05. The second-order valence-corrected chi connectivity index (χ2v) is 7.94. The Kier molecular flexibility index (Phi) is 6.53. The van der Waals surface area contributed by atoms with Crippen molar-refractivity contribution < 1.29 is 14.6 Å². The fourth-order valence-electron chi connectivity index (χ4n) is 1.75. The second-order valence-electron chi connectivity index (χ2n) is 4.37. The minimum Gasteiger partial charge on any atom is -0.487 e. The highest BCUT2D eigenvalue weighted by atomic mass is 127. The van der Waals surface area contributed by atoms with Gasteiger partial charge in [0.15, 0.2) is 0 Å². The van der Waals surface area contributed by atoms with Crippen LogP contribution in [0.5, 0.6) is 5.75 Å². The molecule has 6 heteroatoms. The third-order valence-corrected chi connectivity index (χ3v) is 4.95. The van der Waals surface area contributed by atoms with Gasteiger partial charge < -0.3 is 9.84 Å². The predicted molar refractivity (Wildman–Crippen MR) is 107 cm³/mol. The fourth-order valence-corrected chi connectivity index (χ4v) is 5.64. The average Bonchev–Trinajstić information content (AvgIpc) is 2.38. The van der Waals surface area contributed by atoms with Crippen LogP contribution in [0, 0.1) is 10.7 Å². The number of hydrogen-bond donors (Lipinski definition) is 1. The molecule has 1 N–H and O–H groups in total. The van der Waals surface area contributed by atoms with Gasteiger partial charge in [0.25, 0.3) is 0 Å². The molecule has 0 saturated carbocycles. The smallest absolute Gasteiger partial charge is 0.307 e. The van der Waals surface area contributed by atoms with Crippen molar-refractivity contribution in [2.24, 2.45) is 0 Å². The van der Waals surface area contributed by atoms with Gasteiger partial charge in [-0.25, -0.2) is 0 Å². The molecule has 0 radical (unpaired) electrons. The quantitative estimate of drug-likeness (QED) is 0.494. The monoisotopic (exact) mass is 620 g/mol. The lowest BCUT2D eigenvalue weighted by Crippen LogP contribution is -2.02. The Hall–Kier alpha value is -0.1000. The summed E-state index contributed by atoms with van der Waals surface area (Å²) in [5, 5.41) is 8.74. The van der Waals surface area contributed by atoms with Crippen molar-refractivity contribution in [3.05, 3.63) is 58.2 Å². The molecule has 0 atom stereocenters. The van der Waals surface area contributed by atoms with Crippen LogP contribution in [0.25, 0.3) is 0 Å². The minimum atomic E-state index is -0.818. The molecule has 0 unspecified atom stereocenters. The van der Waals surface area contributed by atoms with E-state index in [1.165, 1.54) is 3.57 Å². The normalized spacial score (nSPS) is 10.4. The molecule has 0 bridgehead atoms. The van der Waals surface area contributed by atoms with Crippen LogP contribution in [0.1, 0.15) is 11.1 Å². The first-order valence-corrected chi connectivity index (χ1v) is 9.26. The second kappa shape index (κ2) is 7.95. The van der Waals surface area contributed by atoms with Crippen LogP contribution in [0.2, 0.25) is 0 Å². The zero-order valence-corrected chi connectivity index (χ0v) is 17.2. The van der Waals surface area contributed by atoms with E-state index in [9.17, 15) is 4.79 Å². The van der Waals surface area contributed by atoms with Crippen molar-refractivity contribution in [2.75, 3.05) is 0 Å². The van der Waals surface area contributed by atoms with Gasteiger partial charge in [-0.2, -0.15) is 0 Å². The molecule has 0 fully saturated rings. The van der Waals surface area contributed by atoms with Gasteiger partial charge in [0.2, 0.25) is 0 Å². The van der Waals surface area contributed by atoms with E-state index >= 15 is 0 Å². The molecule has 2 rings (SSSR count). The van der Waals surface area contributed by atoms with E-state index < -0.39 is 5.97 Å². The first-order chi connectivity index (χ1) is 9.95. The van der Waals surface area contributed by atoms with Gasteiger partial charge in [0, 0.05) is 3.57 Å². The number of ether oxygens (including phenoxy) is 1. The fraction of sp³-hybridized carbons (Fsp3) is 0.133. The average molecular weight is 620 g/mol. The van der Waals surface area contributed by atoms with E-state index in [1.807, 2.05) is 24.3 Å². The van der Waals surface area contributed by atoms with Gasteiger partial charge in [0.1, 0.15) is 12.4 Å². The van der Waals surface area contributed by atoms with Crippen LogP contribution >= 0.6 is 67.8 Å². The lowest BCUT2D eigenvalue weighted by atomic mass is 10.1. The van der Waals surface area contributed by atoms with Crippen LogP contribution in [0.15, 0.2) is 36.4 Å². The van der Waals surface area contributed by atoms with E-state index in [-0.39, 0.29) is 6.42 Å². The van der Waals surface area contributed by atoms with Crippen LogP contribution in [-0.4, -0.2) is 11.1 Å². The summed E-state index contributed by atoms with van der Waals surface area (Å²) in [6, 6.07) is 11.6. The number of carboxylic acids is 1. The summed E-state index contributed by atoms with van der Waals surface area (Å²) in [6.07, 6.45) is 0.0497. The van der Waals surface area contributed by atoms with Crippen molar-refractivity contribution in [3.63, 3.8) is 0 Å². The van der Waals surface area contributed by atoms with Gasteiger partial charge in [-0.1, -0.05) is 24.3 Å². The van der Waals surface area contributed by atoms with Crippen molar-refractivity contribution >= 4 is 73.7 Å². The number of rotatable bonds is 5. The molecule has 0 amide bonds. The van der Waals surface area contributed by atoms with Crippen LogP contribution < -0.4 is 4.74 Å². The molecule has 110 valence electrons. The van der Waals surface area contributed by atoms with E-state index in [0.717, 1.165) is 24.0 Å². The van der Waals surface area contributed by atoms with Gasteiger partial charge in [-0.05, 0) is 91.0 Å². The molecular formula is C15H11I3O3. The number of carboxylic acid groups (broad SMARTS) is 1. The predicted octanol–water partition coefficient (Wildman–Crippen LogP) is 4.71. The maximum absolute atomic E-state index is 10.6. The van der Waals surface area contributed by atoms with E-state index in [4.69, 9.17) is 9.84 Å².